The molecule has 5 nitrogen and oxygen atoms in total. The molecule has 28 heavy (non-hydrogen) atoms. The number of alkyl halides is 3. The number of hydrogen-bond donors (Lipinski definition) is 2. The minimum Gasteiger partial charge on any atom is -0.356 e. The number of para-hydroxylation sites is 1. The Morgan fingerprint density at radius 2 is 1.46 bits per heavy atom. The molecule has 0 saturated heterocycles. The minimum absolute atomic E-state index is 0.462. The average molecular weight is 387 g/mol. The molecule has 1 aromatic heterocycles. The number of rotatable bonds is 5. The van der Waals surface area contributed by atoms with Gasteiger partial charge in [-0.05, 0) is 48.5 Å². The number of pyridine rings is 1. The summed E-state index contributed by atoms with van der Waals surface area (Å²) in [4.78, 5) is 24.0. The average Bonchev–Trinajstić information content (AvgIpc) is 2.65. The zero-order chi connectivity index (χ0) is 20.1. The summed E-state index contributed by atoms with van der Waals surface area (Å²) in [6.07, 6.45) is -3.62. The van der Waals surface area contributed by atoms with Gasteiger partial charge >= 0.3 is 6.18 Å². The standard InChI is InChI=1S/C20H16F3N3O2/c21-20(22,23)17-7-4-12-26(19(17)28)13-18(27)25-16-10-8-15(9-11-16)24-14-5-2-1-3-6-14/h1-12,24H,13H2,(H,25,27). The number of carbonyl (C=O) groups is 1. The molecule has 1 heterocycles. The smallest absolute Gasteiger partial charge is 0.356 e. The Kier molecular flexibility index (Phi) is 5.49. The van der Waals surface area contributed by atoms with Gasteiger partial charge in [0.2, 0.25) is 5.91 Å². The van der Waals surface area contributed by atoms with Crippen LogP contribution in [0.5, 0.6) is 0 Å². The molecular formula is C20H16F3N3O2. The SMILES string of the molecule is O=C(Cn1cccc(C(F)(F)F)c1=O)Nc1ccc(Nc2ccccc2)cc1. The van der Waals surface area contributed by atoms with Crippen LogP contribution in [0.25, 0.3) is 0 Å². The maximum Gasteiger partial charge on any atom is 0.421 e. The molecule has 0 aliphatic heterocycles. The number of carbonyl (C=O) groups excluding carboxylic acids is 1. The van der Waals surface area contributed by atoms with E-state index in [1.54, 1.807) is 24.3 Å². The molecule has 0 aliphatic rings. The van der Waals surface area contributed by atoms with Crippen LogP contribution in [0.4, 0.5) is 30.2 Å². The third-order valence-corrected chi connectivity index (χ3v) is 3.87. The van der Waals surface area contributed by atoms with E-state index in [0.29, 0.717) is 11.8 Å². The number of amides is 1. The van der Waals surface area contributed by atoms with Gasteiger partial charge in [0.25, 0.3) is 5.56 Å². The Balaban J connectivity index is 1.65. The topological polar surface area (TPSA) is 63.1 Å². The summed E-state index contributed by atoms with van der Waals surface area (Å²) in [7, 11) is 0. The fraction of sp³-hybridized carbons (Fsp3) is 0.100. The highest BCUT2D eigenvalue weighted by Crippen LogP contribution is 2.26. The zero-order valence-corrected chi connectivity index (χ0v) is 14.5. The van der Waals surface area contributed by atoms with Gasteiger partial charge in [0.15, 0.2) is 0 Å². The molecule has 3 rings (SSSR count). The summed E-state index contributed by atoms with van der Waals surface area (Å²) in [5.74, 6) is -0.606. The fourth-order valence-electron chi connectivity index (χ4n) is 2.56. The molecule has 2 N–H and O–H groups in total. The first-order valence-corrected chi connectivity index (χ1v) is 8.31. The summed E-state index contributed by atoms with van der Waals surface area (Å²) < 4.78 is 39.1. The molecule has 0 unspecified atom stereocenters. The van der Waals surface area contributed by atoms with E-state index in [1.165, 1.54) is 0 Å². The van der Waals surface area contributed by atoms with Crippen LogP contribution < -0.4 is 16.2 Å². The molecule has 0 saturated carbocycles. The number of nitrogens with one attached hydrogen (secondary N) is 2. The number of halogens is 3. The van der Waals surface area contributed by atoms with E-state index in [0.717, 1.165) is 28.2 Å². The summed E-state index contributed by atoms with van der Waals surface area (Å²) >= 11 is 0. The molecule has 0 aliphatic carbocycles. The number of hydrogen-bond acceptors (Lipinski definition) is 3. The molecule has 0 atom stereocenters. The minimum atomic E-state index is -4.77. The van der Waals surface area contributed by atoms with E-state index in [-0.39, 0.29) is 0 Å². The van der Waals surface area contributed by atoms with Crippen molar-refractivity contribution in [2.24, 2.45) is 0 Å². The second-order valence-electron chi connectivity index (χ2n) is 5.97. The van der Waals surface area contributed by atoms with Crippen LogP contribution in [0.15, 0.2) is 77.7 Å². The van der Waals surface area contributed by atoms with E-state index in [2.05, 4.69) is 10.6 Å². The largest absolute Gasteiger partial charge is 0.421 e. The summed E-state index contributed by atoms with van der Waals surface area (Å²) in [6, 6.07) is 18.1. The van der Waals surface area contributed by atoms with E-state index in [4.69, 9.17) is 0 Å². The van der Waals surface area contributed by atoms with Crippen molar-refractivity contribution < 1.29 is 18.0 Å². The second kappa shape index (κ2) is 7.99. The van der Waals surface area contributed by atoms with Crippen LogP contribution in [0.3, 0.4) is 0 Å². The molecule has 144 valence electrons. The van der Waals surface area contributed by atoms with E-state index in [1.807, 2.05) is 30.3 Å². The van der Waals surface area contributed by atoms with Crippen molar-refractivity contribution in [2.75, 3.05) is 10.6 Å². The van der Waals surface area contributed by atoms with Gasteiger partial charge in [-0.3, -0.25) is 9.59 Å². The van der Waals surface area contributed by atoms with Crippen molar-refractivity contribution in [1.82, 2.24) is 4.57 Å². The zero-order valence-electron chi connectivity index (χ0n) is 14.5. The van der Waals surface area contributed by atoms with Crippen molar-refractivity contribution in [2.45, 2.75) is 12.7 Å². The van der Waals surface area contributed by atoms with Gasteiger partial charge in [0.1, 0.15) is 12.1 Å². The van der Waals surface area contributed by atoms with Crippen molar-refractivity contribution in [1.29, 1.82) is 0 Å². The lowest BCUT2D eigenvalue weighted by molar-refractivity contribution is -0.139. The van der Waals surface area contributed by atoms with Gasteiger partial charge < -0.3 is 15.2 Å². The summed E-state index contributed by atoms with van der Waals surface area (Å²) in [5, 5.41) is 5.75. The molecule has 0 bridgehead atoms. The first-order chi connectivity index (χ1) is 13.3. The van der Waals surface area contributed by atoms with E-state index >= 15 is 0 Å². The van der Waals surface area contributed by atoms with E-state index in [9.17, 15) is 22.8 Å². The molecule has 0 fully saturated rings. The van der Waals surface area contributed by atoms with Crippen molar-refractivity contribution in [3.8, 4) is 0 Å². The molecule has 0 spiro atoms. The lowest BCUT2D eigenvalue weighted by Gasteiger charge is -2.11. The lowest BCUT2D eigenvalue weighted by Crippen LogP contribution is -2.31. The Hall–Kier alpha value is -3.55. The fourth-order valence-corrected chi connectivity index (χ4v) is 2.56. The van der Waals surface area contributed by atoms with Gasteiger partial charge in [-0.25, -0.2) is 0 Å². The summed E-state index contributed by atoms with van der Waals surface area (Å²) in [5.41, 5.74) is -0.392. The van der Waals surface area contributed by atoms with Crippen LogP contribution in [0, 0.1) is 0 Å². The quantitative estimate of drug-likeness (QED) is 0.688. The second-order valence-corrected chi connectivity index (χ2v) is 5.97. The maximum atomic E-state index is 12.8. The first-order valence-electron chi connectivity index (χ1n) is 8.31. The van der Waals surface area contributed by atoms with Gasteiger partial charge in [-0.2, -0.15) is 13.2 Å². The van der Waals surface area contributed by atoms with Gasteiger partial charge in [0.05, 0.1) is 0 Å². The van der Waals surface area contributed by atoms with Gasteiger partial charge in [-0.15, -0.1) is 0 Å². The molecule has 3 aromatic rings. The first kappa shape index (κ1) is 19.2. The number of nitrogens with zero attached hydrogens (tertiary/aromatic N) is 1. The third-order valence-electron chi connectivity index (χ3n) is 3.87. The van der Waals surface area contributed by atoms with E-state index < -0.39 is 29.8 Å². The molecule has 0 radical (unpaired) electrons. The highest BCUT2D eigenvalue weighted by Gasteiger charge is 2.34. The van der Waals surface area contributed by atoms with Crippen molar-refractivity contribution in [3.63, 3.8) is 0 Å². The van der Waals surface area contributed by atoms with Crippen LogP contribution in [-0.4, -0.2) is 10.5 Å². The normalized spacial score (nSPS) is 11.1. The molecule has 2 aromatic carbocycles. The molecule has 1 amide bonds. The molecule has 8 heteroatoms. The monoisotopic (exact) mass is 387 g/mol. The van der Waals surface area contributed by atoms with Crippen LogP contribution in [0.2, 0.25) is 0 Å². The van der Waals surface area contributed by atoms with Gasteiger partial charge in [0, 0.05) is 23.3 Å². The summed E-state index contributed by atoms with van der Waals surface area (Å²) in [6.45, 7) is -0.521. The van der Waals surface area contributed by atoms with Crippen LogP contribution in [-0.2, 0) is 17.5 Å². The highest BCUT2D eigenvalue weighted by molar-refractivity contribution is 5.90. The molecular weight excluding hydrogens is 371 g/mol. The number of aromatic nitrogens is 1. The number of benzene rings is 2. The van der Waals surface area contributed by atoms with Crippen molar-refractivity contribution >= 4 is 23.0 Å². The third kappa shape index (κ3) is 4.79. The Labute approximate surface area is 158 Å². The van der Waals surface area contributed by atoms with Crippen LogP contribution >= 0.6 is 0 Å². The Morgan fingerprint density at radius 3 is 2.11 bits per heavy atom. The van der Waals surface area contributed by atoms with Crippen molar-refractivity contribution in [3.05, 3.63) is 88.8 Å². The Morgan fingerprint density at radius 1 is 0.857 bits per heavy atom. The highest BCUT2D eigenvalue weighted by atomic mass is 19.4. The van der Waals surface area contributed by atoms with Crippen LogP contribution in [0.1, 0.15) is 5.56 Å². The predicted octanol–water partition coefficient (Wildman–Crippen LogP) is 4.25. The maximum absolute atomic E-state index is 12.8. The predicted molar refractivity (Wildman–Crippen MR) is 101 cm³/mol. The number of anilines is 3. The lowest BCUT2D eigenvalue weighted by atomic mass is 10.2. The Bertz CT molecular complexity index is 1010. The van der Waals surface area contributed by atoms with Gasteiger partial charge in [-0.1, -0.05) is 18.2 Å².